The summed E-state index contributed by atoms with van der Waals surface area (Å²) in [5.41, 5.74) is 1.95. The molecular weight excluding hydrogens is 402 g/mol. The van der Waals surface area contributed by atoms with Crippen molar-refractivity contribution in [3.8, 4) is 0 Å². The number of carbonyl (C=O) groups is 1. The van der Waals surface area contributed by atoms with Crippen LogP contribution >= 0.6 is 11.6 Å². The molecule has 0 atom stereocenters. The van der Waals surface area contributed by atoms with Gasteiger partial charge >= 0.3 is 0 Å². The van der Waals surface area contributed by atoms with Gasteiger partial charge in [-0.1, -0.05) is 17.7 Å². The summed E-state index contributed by atoms with van der Waals surface area (Å²) >= 11 is 6.13. The lowest BCUT2D eigenvalue weighted by Gasteiger charge is -2.37. The maximum absolute atomic E-state index is 12.8. The van der Waals surface area contributed by atoms with Gasteiger partial charge in [0.1, 0.15) is 17.8 Å². The maximum Gasteiger partial charge on any atom is 0.283 e. The number of fused-ring (bicyclic) bond motifs is 1. The van der Waals surface area contributed by atoms with Gasteiger partial charge in [-0.2, -0.15) is 0 Å². The lowest BCUT2D eigenvalue weighted by Crippen LogP contribution is -2.46. The molecule has 4 heterocycles. The van der Waals surface area contributed by atoms with Crippen molar-refractivity contribution in [1.82, 2.24) is 24.5 Å². The zero-order chi connectivity index (χ0) is 20.5. The Balaban J connectivity index is 1.40. The first-order valence-corrected chi connectivity index (χ1v) is 9.97. The van der Waals surface area contributed by atoms with E-state index in [1.165, 1.54) is 29.5 Å². The summed E-state index contributed by atoms with van der Waals surface area (Å²) in [6.07, 6.45) is 7.70. The van der Waals surface area contributed by atoms with E-state index in [-0.39, 0.29) is 11.6 Å². The second-order valence-corrected chi connectivity index (χ2v) is 7.41. The van der Waals surface area contributed by atoms with Gasteiger partial charge in [-0.3, -0.25) is 14.3 Å². The Hall–Kier alpha value is -3.52. The van der Waals surface area contributed by atoms with Crippen LogP contribution in [0, 0.1) is 0 Å². The molecule has 1 aliphatic heterocycles. The average Bonchev–Trinajstić information content (AvgIpc) is 3.24. The quantitative estimate of drug-likeness (QED) is 0.505. The molecule has 4 aromatic rings. The summed E-state index contributed by atoms with van der Waals surface area (Å²) in [6.45, 7) is 3.32. The normalized spacial score (nSPS) is 14.3. The number of hydrogen-bond acceptors (Lipinski definition) is 7. The van der Waals surface area contributed by atoms with E-state index in [1.807, 2.05) is 24.3 Å². The average molecular weight is 420 g/mol. The van der Waals surface area contributed by atoms with Crippen LogP contribution in [0.15, 0.2) is 61.4 Å². The van der Waals surface area contributed by atoms with E-state index in [0.717, 1.165) is 48.1 Å². The van der Waals surface area contributed by atoms with Crippen molar-refractivity contribution in [2.75, 3.05) is 36.0 Å². The van der Waals surface area contributed by atoms with Crippen LogP contribution in [0.25, 0.3) is 11.0 Å². The fourth-order valence-corrected chi connectivity index (χ4v) is 3.92. The molecule has 1 aromatic carbocycles. The van der Waals surface area contributed by atoms with E-state index in [9.17, 15) is 4.79 Å². The summed E-state index contributed by atoms with van der Waals surface area (Å²) in [4.78, 5) is 34.3. The minimum atomic E-state index is -0.270. The van der Waals surface area contributed by atoms with Crippen molar-refractivity contribution in [3.05, 3.63) is 72.2 Å². The van der Waals surface area contributed by atoms with Crippen molar-refractivity contribution in [2.24, 2.45) is 0 Å². The standard InChI is InChI=1S/C21H18ClN7O/c22-15-2-1-3-16(12-15)27-8-10-28(11-9-27)19-17-4-7-29(20(17)26-14-25-19)21(30)18-13-23-5-6-24-18/h1-7,12-14H,8-11H2. The molecular formula is C21H18ClN7O. The molecule has 30 heavy (non-hydrogen) atoms. The Morgan fingerprint density at radius 2 is 1.80 bits per heavy atom. The molecule has 150 valence electrons. The number of aromatic nitrogens is 5. The number of anilines is 2. The first kappa shape index (κ1) is 18.5. The third kappa shape index (κ3) is 3.35. The lowest BCUT2D eigenvalue weighted by atomic mass is 10.2. The predicted octanol–water partition coefficient (Wildman–Crippen LogP) is 2.89. The maximum atomic E-state index is 12.8. The third-order valence-electron chi connectivity index (χ3n) is 5.21. The zero-order valence-electron chi connectivity index (χ0n) is 16.0. The highest BCUT2D eigenvalue weighted by Crippen LogP contribution is 2.27. The molecule has 8 nitrogen and oxygen atoms in total. The van der Waals surface area contributed by atoms with Gasteiger partial charge in [-0.05, 0) is 24.3 Å². The third-order valence-corrected chi connectivity index (χ3v) is 5.45. The Morgan fingerprint density at radius 3 is 2.57 bits per heavy atom. The summed E-state index contributed by atoms with van der Waals surface area (Å²) in [5.74, 6) is 0.560. The number of rotatable bonds is 3. The Kier molecular flexibility index (Phi) is 4.76. The van der Waals surface area contributed by atoms with E-state index in [4.69, 9.17) is 11.6 Å². The number of nitrogens with zero attached hydrogens (tertiary/aromatic N) is 7. The van der Waals surface area contributed by atoms with Gasteiger partial charge in [0.05, 0.1) is 11.6 Å². The van der Waals surface area contributed by atoms with Gasteiger partial charge in [0.25, 0.3) is 5.91 Å². The highest BCUT2D eigenvalue weighted by molar-refractivity contribution is 6.30. The van der Waals surface area contributed by atoms with E-state index < -0.39 is 0 Å². The van der Waals surface area contributed by atoms with Gasteiger partial charge in [-0.25, -0.2) is 15.0 Å². The Bertz CT molecular complexity index is 1200. The van der Waals surface area contributed by atoms with Crippen molar-refractivity contribution < 1.29 is 4.79 Å². The van der Waals surface area contributed by atoms with Gasteiger partial charge in [-0.15, -0.1) is 0 Å². The molecule has 0 amide bonds. The van der Waals surface area contributed by atoms with E-state index in [2.05, 4.69) is 35.8 Å². The fraction of sp³-hybridized carbons (Fsp3) is 0.190. The predicted molar refractivity (Wildman–Crippen MR) is 115 cm³/mol. The molecule has 0 aliphatic carbocycles. The molecule has 0 bridgehead atoms. The van der Waals surface area contributed by atoms with Crippen molar-refractivity contribution in [3.63, 3.8) is 0 Å². The summed E-state index contributed by atoms with van der Waals surface area (Å²) < 4.78 is 1.49. The number of piperazine rings is 1. The van der Waals surface area contributed by atoms with Crippen LogP contribution in [0.1, 0.15) is 10.5 Å². The number of halogens is 1. The molecule has 0 N–H and O–H groups in total. The molecule has 0 radical (unpaired) electrons. The van der Waals surface area contributed by atoms with E-state index >= 15 is 0 Å². The van der Waals surface area contributed by atoms with E-state index in [0.29, 0.717) is 5.65 Å². The van der Waals surface area contributed by atoms with Crippen LogP contribution < -0.4 is 9.80 Å². The molecule has 5 rings (SSSR count). The molecule has 0 saturated carbocycles. The summed E-state index contributed by atoms with van der Waals surface area (Å²) in [7, 11) is 0. The van der Waals surface area contributed by atoms with Gasteiger partial charge in [0, 0.05) is 55.5 Å². The zero-order valence-corrected chi connectivity index (χ0v) is 16.8. The molecule has 1 aliphatic rings. The SMILES string of the molecule is O=C(c1cnccn1)n1ccc2c(N3CCN(c4cccc(Cl)c4)CC3)ncnc21. The van der Waals surface area contributed by atoms with Gasteiger partial charge < -0.3 is 9.80 Å². The van der Waals surface area contributed by atoms with E-state index in [1.54, 1.807) is 6.20 Å². The molecule has 1 fully saturated rings. The summed E-state index contributed by atoms with van der Waals surface area (Å²) in [6, 6.07) is 9.78. The van der Waals surface area contributed by atoms with Crippen LogP contribution in [0.3, 0.4) is 0 Å². The first-order chi connectivity index (χ1) is 14.7. The molecule has 3 aromatic heterocycles. The van der Waals surface area contributed by atoms with Crippen molar-refractivity contribution in [2.45, 2.75) is 0 Å². The fourth-order valence-electron chi connectivity index (χ4n) is 3.74. The number of hydrogen-bond donors (Lipinski definition) is 0. The first-order valence-electron chi connectivity index (χ1n) is 9.59. The smallest absolute Gasteiger partial charge is 0.283 e. The van der Waals surface area contributed by atoms with Crippen LogP contribution in [-0.4, -0.2) is 56.6 Å². The largest absolute Gasteiger partial charge is 0.368 e. The summed E-state index contributed by atoms with van der Waals surface area (Å²) in [5, 5.41) is 1.58. The molecule has 0 spiro atoms. The molecule has 0 unspecified atom stereocenters. The number of carbonyl (C=O) groups excluding carboxylic acids is 1. The second-order valence-electron chi connectivity index (χ2n) is 6.97. The molecule has 1 saturated heterocycles. The Labute approximate surface area is 177 Å². The van der Waals surface area contributed by atoms with Crippen LogP contribution in [0.2, 0.25) is 5.02 Å². The monoisotopic (exact) mass is 419 g/mol. The highest BCUT2D eigenvalue weighted by Gasteiger charge is 2.22. The highest BCUT2D eigenvalue weighted by atomic mass is 35.5. The van der Waals surface area contributed by atoms with Gasteiger partial charge in [0.15, 0.2) is 5.65 Å². The molecule has 9 heteroatoms. The Morgan fingerprint density at radius 1 is 0.967 bits per heavy atom. The minimum absolute atomic E-state index is 0.269. The van der Waals surface area contributed by atoms with Crippen LogP contribution in [0.4, 0.5) is 11.5 Å². The minimum Gasteiger partial charge on any atom is -0.368 e. The van der Waals surface area contributed by atoms with Crippen molar-refractivity contribution >= 4 is 40.0 Å². The topological polar surface area (TPSA) is 80.0 Å². The van der Waals surface area contributed by atoms with Gasteiger partial charge in [0.2, 0.25) is 0 Å². The van der Waals surface area contributed by atoms with Crippen LogP contribution in [0.5, 0.6) is 0 Å². The number of benzene rings is 1. The second kappa shape index (κ2) is 7.72. The lowest BCUT2D eigenvalue weighted by molar-refractivity contribution is 0.0959. The van der Waals surface area contributed by atoms with Crippen molar-refractivity contribution in [1.29, 1.82) is 0 Å². The van der Waals surface area contributed by atoms with Crippen LogP contribution in [-0.2, 0) is 0 Å².